The molecule has 0 saturated carbocycles. The van der Waals surface area contributed by atoms with Gasteiger partial charge in [-0.25, -0.2) is 0 Å². The Morgan fingerprint density at radius 3 is 2.72 bits per heavy atom. The van der Waals surface area contributed by atoms with Crippen LogP contribution in [-0.4, -0.2) is 5.91 Å². The van der Waals surface area contributed by atoms with Crippen molar-refractivity contribution in [2.75, 3.05) is 5.73 Å². The zero-order chi connectivity index (χ0) is 13.0. The number of para-hydroxylation sites is 1. The first-order chi connectivity index (χ1) is 8.65. The molecule has 0 radical (unpaired) electrons. The number of amides is 1. The normalized spacial score (nSPS) is 10.3. The van der Waals surface area contributed by atoms with Gasteiger partial charge in [-0.3, -0.25) is 4.79 Å². The Balaban J connectivity index is 1.88. The molecule has 1 aromatic carbocycles. The summed E-state index contributed by atoms with van der Waals surface area (Å²) in [6.07, 6.45) is 0.319. The third kappa shape index (κ3) is 3.58. The van der Waals surface area contributed by atoms with Gasteiger partial charge in [-0.2, -0.15) is 0 Å². The lowest BCUT2D eigenvalue weighted by atomic mass is 10.1. The van der Waals surface area contributed by atoms with Crippen molar-refractivity contribution in [1.29, 1.82) is 0 Å². The van der Waals surface area contributed by atoms with Gasteiger partial charge >= 0.3 is 0 Å². The first-order valence-electron chi connectivity index (χ1n) is 5.49. The fourth-order valence-corrected chi connectivity index (χ4v) is 2.99. The van der Waals surface area contributed by atoms with E-state index in [-0.39, 0.29) is 5.91 Å². The third-order valence-electron chi connectivity index (χ3n) is 2.49. The molecule has 1 aromatic heterocycles. The number of hydrogen-bond donors (Lipinski definition) is 2. The van der Waals surface area contributed by atoms with Gasteiger partial charge in [0.15, 0.2) is 0 Å². The molecule has 0 spiro atoms. The molecule has 0 saturated heterocycles. The lowest BCUT2D eigenvalue weighted by molar-refractivity contribution is -0.120. The topological polar surface area (TPSA) is 55.1 Å². The lowest BCUT2D eigenvalue weighted by Crippen LogP contribution is -2.24. The first kappa shape index (κ1) is 13.1. The summed E-state index contributed by atoms with van der Waals surface area (Å²) in [5.41, 5.74) is 7.32. The molecule has 0 aliphatic heterocycles. The van der Waals surface area contributed by atoms with Crippen molar-refractivity contribution < 1.29 is 4.79 Å². The Hall–Kier alpha value is -1.33. The molecule has 3 nitrogen and oxygen atoms in total. The first-order valence-corrected chi connectivity index (χ1v) is 7.10. The maximum absolute atomic E-state index is 11.8. The predicted molar refractivity (Wildman–Crippen MR) is 78.4 cm³/mol. The number of rotatable bonds is 4. The van der Waals surface area contributed by atoms with E-state index in [1.54, 1.807) is 17.4 Å². The van der Waals surface area contributed by atoms with E-state index >= 15 is 0 Å². The molecule has 0 atom stereocenters. The van der Waals surface area contributed by atoms with Gasteiger partial charge in [-0.1, -0.05) is 18.2 Å². The van der Waals surface area contributed by atoms with Crippen LogP contribution >= 0.6 is 27.3 Å². The minimum atomic E-state index is -0.0163. The fourth-order valence-electron chi connectivity index (χ4n) is 1.56. The van der Waals surface area contributed by atoms with E-state index in [0.717, 1.165) is 14.2 Å². The van der Waals surface area contributed by atoms with Gasteiger partial charge in [0.1, 0.15) is 0 Å². The monoisotopic (exact) mass is 324 g/mol. The van der Waals surface area contributed by atoms with Gasteiger partial charge in [-0.05, 0) is 39.7 Å². The van der Waals surface area contributed by atoms with Crippen LogP contribution in [0.5, 0.6) is 0 Å². The molecule has 2 rings (SSSR count). The van der Waals surface area contributed by atoms with Gasteiger partial charge in [0.25, 0.3) is 0 Å². The number of hydrogen-bond acceptors (Lipinski definition) is 3. The molecular formula is C13H13BrN2OS. The Labute approximate surface area is 118 Å². The molecule has 1 amide bonds. The molecule has 0 fully saturated rings. The standard InChI is InChI=1S/C13H13BrN2OS/c14-12-6-5-10(18-12)8-16-13(17)7-9-3-1-2-4-11(9)15/h1-6H,7-8,15H2,(H,16,17). The molecular weight excluding hydrogens is 312 g/mol. The smallest absolute Gasteiger partial charge is 0.224 e. The second kappa shape index (κ2) is 6.02. The van der Waals surface area contributed by atoms with E-state index in [1.807, 2.05) is 30.3 Å². The molecule has 0 aliphatic carbocycles. The van der Waals surface area contributed by atoms with E-state index in [9.17, 15) is 4.79 Å². The summed E-state index contributed by atoms with van der Waals surface area (Å²) in [4.78, 5) is 12.9. The third-order valence-corrected chi connectivity index (χ3v) is 4.12. The van der Waals surface area contributed by atoms with E-state index in [1.165, 1.54) is 0 Å². The van der Waals surface area contributed by atoms with Crippen LogP contribution in [0.3, 0.4) is 0 Å². The van der Waals surface area contributed by atoms with Crippen molar-refractivity contribution in [2.24, 2.45) is 0 Å². The van der Waals surface area contributed by atoms with Crippen molar-refractivity contribution in [2.45, 2.75) is 13.0 Å². The molecule has 0 unspecified atom stereocenters. The van der Waals surface area contributed by atoms with E-state index in [0.29, 0.717) is 18.7 Å². The second-order valence-corrected chi connectivity index (χ2v) is 6.41. The molecule has 2 aromatic rings. The SMILES string of the molecule is Nc1ccccc1CC(=O)NCc1ccc(Br)s1. The van der Waals surface area contributed by atoms with Crippen LogP contribution in [0.2, 0.25) is 0 Å². The molecule has 1 heterocycles. The number of carbonyl (C=O) groups is 1. The molecule has 0 aliphatic rings. The second-order valence-electron chi connectivity index (χ2n) is 3.86. The van der Waals surface area contributed by atoms with Crippen LogP contribution in [0.1, 0.15) is 10.4 Å². The Morgan fingerprint density at radius 2 is 2.06 bits per heavy atom. The number of nitrogens with one attached hydrogen (secondary N) is 1. The Bertz CT molecular complexity index is 553. The fraction of sp³-hybridized carbons (Fsp3) is 0.154. The maximum atomic E-state index is 11.8. The highest BCUT2D eigenvalue weighted by molar-refractivity contribution is 9.11. The van der Waals surface area contributed by atoms with E-state index < -0.39 is 0 Å². The predicted octanol–water partition coefficient (Wildman–Crippen LogP) is 2.95. The Morgan fingerprint density at radius 1 is 1.28 bits per heavy atom. The lowest BCUT2D eigenvalue weighted by Gasteiger charge is -2.06. The molecule has 18 heavy (non-hydrogen) atoms. The minimum Gasteiger partial charge on any atom is -0.398 e. The zero-order valence-corrected chi connectivity index (χ0v) is 12.1. The molecule has 5 heteroatoms. The average molecular weight is 325 g/mol. The summed E-state index contributed by atoms with van der Waals surface area (Å²) in [5.74, 6) is -0.0163. The number of thiophene rings is 1. The van der Waals surface area contributed by atoms with Crippen molar-refractivity contribution in [3.05, 3.63) is 50.6 Å². The van der Waals surface area contributed by atoms with Crippen LogP contribution in [0, 0.1) is 0 Å². The largest absolute Gasteiger partial charge is 0.398 e. The van der Waals surface area contributed by atoms with Crippen molar-refractivity contribution in [3.8, 4) is 0 Å². The quantitative estimate of drug-likeness (QED) is 0.849. The number of anilines is 1. The van der Waals surface area contributed by atoms with Gasteiger partial charge in [0, 0.05) is 10.6 Å². The van der Waals surface area contributed by atoms with Crippen molar-refractivity contribution in [3.63, 3.8) is 0 Å². The Kier molecular flexibility index (Phi) is 4.38. The van der Waals surface area contributed by atoms with Gasteiger partial charge in [0.2, 0.25) is 5.91 Å². The molecule has 3 N–H and O–H groups in total. The highest BCUT2D eigenvalue weighted by Gasteiger charge is 2.06. The van der Waals surface area contributed by atoms with Crippen LogP contribution in [0.15, 0.2) is 40.2 Å². The summed E-state index contributed by atoms with van der Waals surface area (Å²) in [6, 6.07) is 11.4. The van der Waals surface area contributed by atoms with Crippen molar-refractivity contribution >= 4 is 38.9 Å². The maximum Gasteiger partial charge on any atom is 0.224 e. The van der Waals surface area contributed by atoms with Gasteiger partial charge in [-0.15, -0.1) is 11.3 Å². The number of nitrogen functional groups attached to an aromatic ring is 1. The summed E-state index contributed by atoms with van der Waals surface area (Å²) in [6.45, 7) is 0.557. The zero-order valence-electron chi connectivity index (χ0n) is 9.65. The van der Waals surface area contributed by atoms with Gasteiger partial charge < -0.3 is 11.1 Å². The number of halogens is 1. The molecule has 0 bridgehead atoms. The van der Waals surface area contributed by atoms with E-state index in [4.69, 9.17) is 5.73 Å². The minimum absolute atomic E-state index is 0.0163. The summed E-state index contributed by atoms with van der Waals surface area (Å²) < 4.78 is 1.07. The van der Waals surface area contributed by atoms with Crippen LogP contribution in [0.25, 0.3) is 0 Å². The number of benzene rings is 1. The van der Waals surface area contributed by atoms with Crippen molar-refractivity contribution in [1.82, 2.24) is 5.32 Å². The van der Waals surface area contributed by atoms with Crippen LogP contribution in [0.4, 0.5) is 5.69 Å². The van der Waals surface area contributed by atoms with Crippen LogP contribution < -0.4 is 11.1 Å². The summed E-state index contributed by atoms with van der Waals surface area (Å²) >= 11 is 5.01. The van der Waals surface area contributed by atoms with E-state index in [2.05, 4.69) is 21.2 Å². The van der Waals surface area contributed by atoms with Gasteiger partial charge in [0.05, 0.1) is 16.8 Å². The number of nitrogens with two attached hydrogens (primary N) is 1. The average Bonchev–Trinajstić information content (AvgIpc) is 2.76. The number of carbonyl (C=O) groups excluding carboxylic acids is 1. The van der Waals surface area contributed by atoms with Crippen LogP contribution in [-0.2, 0) is 17.8 Å². The summed E-state index contributed by atoms with van der Waals surface area (Å²) in [5, 5.41) is 2.88. The summed E-state index contributed by atoms with van der Waals surface area (Å²) in [7, 11) is 0. The highest BCUT2D eigenvalue weighted by Crippen LogP contribution is 2.21. The highest BCUT2D eigenvalue weighted by atomic mass is 79.9. The molecule has 94 valence electrons.